The monoisotopic (exact) mass is 428 g/mol. The van der Waals surface area contributed by atoms with Crippen LogP contribution in [0.1, 0.15) is 39.0 Å². The van der Waals surface area contributed by atoms with Gasteiger partial charge in [0.25, 0.3) is 0 Å². The number of carbonyl (C=O) groups excluding carboxylic acids is 1. The molecule has 4 nitrogen and oxygen atoms in total. The standard InChI is InChI=1S/C25H33ClN2O2/c1-17-5-4-8-25(2)15-23-20(14-22(17)25)21(24(29)30-23)16-27-9-11-28(12-10-27)19-7-3-6-18(26)13-19/h3,6-7,13,20-23H,1,4-5,8-12,14-16H2,2H3/t20-,21+,22+,23+,25+/m0/s1. The summed E-state index contributed by atoms with van der Waals surface area (Å²) in [5.74, 6) is 0.975. The van der Waals surface area contributed by atoms with E-state index in [0.29, 0.717) is 11.8 Å². The molecule has 2 heterocycles. The summed E-state index contributed by atoms with van der Waals surface area (Å²) < 4.78 is 5.95. The van der Waals surface area contributed by atoms with E-state index < -0.39 is 0 Å². The highest BCUT2D eigenvalue weighted by Crippen LogP contribution is 2.56. The molecule has 0 bridgehead atoms. The molecule has 0 amide bonds. The summed E-state index contributed by atoms with van der Waals surface area (Å²) >= 11 is 6.16. The van der Waals surface area contributed by atoms with Crippen molar-refractivity contribution >= 4 is 23.3 Å². The Morgan fingerprint density at radius 2 is 2.07 bits per heavy atom. The Bertz CT molecular complexity index is 834. The smallest absolute Gasteiger partial charge is 0.310 e. The van der Waals surface area contributed by atoms with Crippen molar-refractivity contribution in [2.75, 3.05) is 37.6 Å². The molecule has 162 valence electrons. The molecule has 1 aromatic rings. The van der Waals surface area contributed by atoms with Gasteiger partial charge in [0.05, 0.1) is 5.92 Å². The zero-order chi connectivity index (χ0) is 20.9. The molecule has 2 aliphatic heterocycles. The fourth-order valence-electron chi connectivity index (χ4n) is 6.60. The van der Waals surface area contributed by atoms with Crippen LogP contribution in [0.4, 0.5) is 5.69 Å². The third kappa shape index (κ3) is 3.67. The summed E-state index contributed by atoms with van der Waals surface area (Å²) in [7, 11) is 0. The average Bonchev–Trinajstić information content (AvgIpc) is 3.01. The number of nitrogens with zero attached hydrogens (tertiary/aromatic N) is 2. The first-order chi connectivity index (χ1) is 14.4. The Balaban J connectivity index is 1.23. The van der Waals surface area contributed by atoms with Crippen LogP contribution in [0.5, 0.6) is 0 Å². The number of halogens is 1. The molecule has 0 aromatic heterocycles. The number of benzene rings is 1. The Hall–Kier alpha value is -1.52. The lowest BCUT2D eigenvalue weighted by molar-refractivity contribution is -0.146. The third-order valence-electron chi connectivity index (χ3n) is 8.32. The van der Waals surface area contributed by atoms with Gasteiger partial charge in [-0.3, -0.25) is 9.69 Å². The van der Waals surface area contributed by atoms with Crippen LogP contribution in [-0.2, 0) is 9.53 Å². The van der Waals surface area contributed by atoms with Gasteiger partial charge in [-0.15, -0.1) is 0 Å². The minimum atomic E-state index is 0.0204. The van der Waals surface area contributed by atoms with Crippen molar-refractivity contribution in [3.63, 3.8) is 0 Å². The molecule has 5 heteroatoms. The van der Waals surface area contributed by atoms with Crippen LogP contribution in [-0.4, -0.2) is 49.7 Å². The molecule has 4 aliphatic rings. The molecule has 0 N–H and O–H groups in total. The number of hydrogen-bond acceptors (Lipinski definition) is 4. The van der Waals surface area contributed by atoms with E-state index in [-0.39, 0.29) is 23.4 Å². The van der Waals surface area contributed by atoms with Crippen LogP contribution >= 0.6 is 11.6 Å². The molecule has 2 aliphatic carbocycles. The molecule has 0 radical (unpaired) electrons. The number of rotatable bonds is 3. The van der Waals surface area contributed by atoms with E-state index in [1.54, 1.807) is 0 Å². The van der Waals surface area contributed by atoms with Crippen molar-refractivity contribution in [2.24, 2.45) is 23.2 Å². The summed E-state index contributed by atoms with van der Waals surface area (Å²) in [5.41, 5.74) is 2.87. The van der Waals surface area contributed by atoms with Crippen LogP contribution in [0.25, 0.3) is 0 Å². The number of carbonyl (C=O) groups is 1. The molecule has 0 unspecified atom stereocenters. The van der Waals surface area contributed by atoms with Crippen LogP contribution in [0, 0.1) is 23.2 Å². The van der Waals surface area contributed by atoms with Crippen molar-refractivity contribution in [1.82, 2.24) is 4.90 Å². The molecule has 5 atom stereocenters. The maximum Gasteiger partial charge on any atom is 0.310 e. The highest BCUT2D eigenvalue weighted by atomic mass is 35.5. The van der Waals surface area contributed by atoms with E-state index in [0.717, 1.165) is 57.0 Å². The lowest BCUT2D eigenvalue weighted by Crippen LogP contribution is -2.50. The SMILES string of the molecule is C=C1CCC[C@]2(C)C[C@H]3OC(=O)[C@H](CN4CCN(c5cccc(Cl)c5)CC4)[C@@H]3C[C@H]12. The van der Waals surface area contributed by atoms with Crippen molar-refractivity contribution < 1.29 is 9.53 Å². The normalized spacial score (nSPS) is 36.9. The van der Waals surface area contributed by atoms with Gasteiger partial charge in [-0.05, 0) is 61.6 Å². The Morgan fingerprint density at radius 1 is 1.27 bits per heavy atom. The van der Waals surface area contributed by atoms with Gasteiger partial charge in [0.2, 0.25) is 0 Å². The van der Waals surface area contributed by atoms with Gasteiger partial charge in [-0.25, -0.2) is 0 Å². The molecule has 0 spiro atoms. The van der Waals surface area contributed by atoms with Crippen molar-refractivity contribution in [3.8, 4) is 0 Å². The first kappa shape index (κ1) is 20.4. The number of hydrogen-bond donors (Lipinski definition) is 0. The quantitative estimate of drug-likeness (QED) is 0.512. The molecular weight excluding hydrogens is 396 g/mol. The summed E-state index contributed by atoms with van der Waals surface area (Å²) in [6.45, 7) is 11.5. The zero-order valence-corrected chi connectivity index (χ0v) is 18.7. The molecule has 4 fully saturated rings. The molecule has 2 saturated carbocycles. The second-order valence-electron chi connectivity index (χ2n) is 10.2. The molecule has 30 heavy (non-hydrogen) atoms. The Labute approximate surface area is 185 Å². The van der Waals surface area contributed by atoms with Gasteiger partial charge in [0.15, 0.2) is 0 Å². The second kappa shape index (κ2) is 7.87. The second-order valence-corrected chi connectivity index (χ2v) is 10.6. The van der Waals surface area contributed by atoms with Gasteiger partial charge < -0.3 is 9.64 Å². The zero-order valence-electron chi connectivity index (χ0n) is 18.0. The largest absolute Gasteiger partial charge is 0.462 e. The van der Waals surface area contributed by atoms with Crippen LogP contribution in [0.2, 0.25) is 5.02 Å². The van der Waals surface area contributed by atoms with Crippen LogP contribution < -0.4 is 4.90 Å². The van der Waals surface area contributed by atoms with Gasteiger partial charge in [0, 0.05) is 49.4 Å². The first-order valence-electron chi connectivity index (χ1n) is 11.5. The van der Waals surface area contributed by atoms with Gasteiger partial charge in [0.1, 0.15) is 6.10 Å². The predicted molar refractivity (Wildman–Crippen MR) is 121 cm³/mol. The van der Waals surface area contributed by atoms with E-state index in [1.165, 1.54) is 24.1 Å². The molecule has 5 rings (SSSR count). The minimum absolute atomic E-state index is 0.0204. The summed E-state index contributed by atoms with van der Waals surface area (Å²) in [6.07, 6.45) is 5.85. The Kier molecular flexibility index (Phi) is 5.35. The van der Waals surface area contributed by atoms with Crippen LogP contribution in [0.15, 0.2) is 36.4 Å². The predicted octanol–water partition coefficient (Wildman–Crippen LogP) is 4.78. The van der Waals surface area contributed by atoms with Gasteiger partial charge in [-0.2, -0.15) is 0 Å². The molecule has 1 aromatic carbocycles. The highest BCUT2D eigenvalue weighted by molar-refractivity contribution is 6.30. The number of esters is 1. The maximum absolute atomic E-state index is 12.8. The minimum Gasteiger partial charge on any atom is -0.462 e. The van der Waals surface area contributed by atoms with Gasteiger partial charge >= 0.3 is 5.97 Å². The van der Waals surface area contributed by atoms with Crippen molar-refractivity contribution in [3.05, 3.63) is 41.4 Å². The van der Waals surface area contributed by atoms with E-state index in [1.807, 2.05) is 18.2 Å². The maximum atomic E-state index is 12.8. The topological polar surface area (TPSA) is 32.8 Å². The van der Waals surface area contributed by atoms with E-state index in [9.17, 15) is 4.79 Å². The number of anilines is 1. The average molecular weight is 429 g/mol. The number of ether oxygens (including phenoxy) is 1. The number of piperazine rings is 1. The Morgan fingerprint density at radius 3 is 2.83 bits per heavy atom. The van der Waals surface area contributed by atoms with Crippen LogP contribution in [0.3, 0.4) is 0 Å². The van der Waals surface area contributed by atoms with Crippen molar-refractivity contribution in [2.45, 2.75) is 45.1 Å². The number of fused-ring (bicyclic) bond motifs is 2. The lowest BCUT2D eigenvalue weighted by atomic mass is 9.55. The summed E-state index contributed by atoms with van der Waals surface area (Å²) in [4.78, 5) is 17.7. The molecule has 2 saturated heterocycles. The fourth-order valence-corrected chi connectivity index (χ4v) is 6.79. The van der Waals surface area contributed by atoms with Gasteiger partial charge in [-0.1, -0.05) is 36.7 Å². The van der Waals surface area contributed by atoms with E-state index in [2.05, 4.69) is 29.4 Å². The van der Waals surface area contributed by atoms with Crippen molar-refractivity contribution in [1.29, 1.82) is 0 Å². The third-order valence-corrected chi connectivity index (χ3v) is 8.56. The van der Waals surface area contributed by atoms with E-state index >= 15 is 0 Å². The fraction of sp³-hybridized carbons (Fsp3) is 0.640. The lowest BCUT2D eigenvalue weighted by Gasteiger charge is -2.50. The van der Waals surface area contributed by atoms with E-state index in [4.69, 9.17) is 16.3 Å². The first-order valence-corrected chi connectivity index (χ1v) is 11.9. The number of allylic oxidation sites excluding steroid dienone is 1. The highest BCUT2D eigenvalue weighted by Gasteiger charge is 2.55. The molecular formula is C25H33ClN2O2. The summed E-state index contributed by atoms with van der Waals surface area (Å²) in [5, 5.41) is 0.781. The summed E-state index contributed by atoms with van der Waals surface area (Å²) in [6, 6.07) is 8.08.